The predicted molar refractivity (Wildman–Crippen MR) is 103 cm³/mol. The van der Waals surface area contributed by atoms with Crippen LogP contribution in [0.4, 0.5) is 4.39 Å². The van der Waals surface area contributed by atoms with Crippen molar-refractivity contribution >= 4 is 5.91 Å². The van der Waals surface area contributed by atoms with Gasteiger partial charge in [-0.3, -0.25) is 4.79 Å². The third-order valence-electron chi connectivity index (χ3n) is 5.04. The van der Waals surface area contributed by atoms with Gasteiger partial charge in [0.2, 0.25) is 5.91 Å². The maximum Gasteiger partial charge on any atom is 0.221 e. The lowest BCUT2D eigenvalue weighted by atomic mass is 9.90. The van der Waals surface area contributed by atoms with Crippen molar-refractivity contribution in [2.45, 2.75) is 53.1 Å². The fraction of sp³-hybridized carbons (Fsp3) is 0.500. The van der Waals surface area contributed by atoms with Gasteiger partial charge in [0.15, 0.2) is 0 Å². The number of carbonyl (C=O) groups is 1. The Morgan fingerprint density at radius 1 is 1.31 bits per heavy atom. The Labute approximate surface area is 156 Å². The molecule has 1 amide bonds. The van der Waals surface area contributed by atoms with Crippen LogP contribution in [0.15, 0.2) is 42.1 Å². The van der Waals surface area contributed by atoms with Gasteiger partial charge < -0.3 is 10.2 Å². The van der Waals surface area contributed by atoms with E-state index in [1.165, 1.54) is 17.3 Å². The molecule has 2 atom stereocenters. The number of nitrogens with zero attached hydrogens (tertiary/aromatic N) is 1. The zero-order chi connectivity index (χ0) is 18.9. The van der Waals surface area contributed by atoms with E-state index in [1.807, 2.05) is 6.07 Å². The highest BCUT2D eigenvalue weighted by Gasteiger charge is 2.25. The molecule has 4 heteroatoms. The fourth-order valence-electron chi connectivity index (χ4n) is 3.66. The van der Waals surface area contributed by atoms with Crippen LogP contribution in [0.3, 0.4) is 0 Å². The topological polar surface area (TPSA) is 32.3 Å². The van der Waals surface area contributed by atoms with Crippen molar-refractivity contribution in [1.82, 2.24) is 10.2 Å². The zero-order valence-corrected chi connectivity index (χ0v) is 16.2. The van der Waals surface area contributed by atoms with Crippen molar-refractivity contribution in [1.29, 1.82) is 0 Å². The highest BCUT2D eigenvalue weighted by Crippen LogP contribution is 2.27. The Bertz CT molecular complexity index is 745. The van der Waals surface area contributed by atoms with Crippen LogP contribution in [-0.2, 0) is 17.8 Å². The molecule has 140 valence electrons. The summed E-state index contributed by atoms with van der Waals surface area (Å²) in [6.45, 7) is 10.1. The number of carbonyl (C=O) groups excluding carboxylic acids is 1. The molecule has 1 aliphatic carbocycles. The molecule has 0 fully saturated rings. The molecule has 26 heavy (non-hydrogen) atoms. The van der Waals surface area contributed by atoms with Crippen LogP contribution in [0.1, 0.15) is 45.2 Å². The van der Waals surface area contributed by atoms with Crippen LogP contribution >= 0.6 is 0 Å². The number of rotatable bonds is 3. The van der Waals surface area contributed by atoms with E-state index in [-0.39, 0.29) is 29.1 Å². The molecule has 1 aromatic carbocycles. The summed E-state index contributed by atoms with van der Waals surface area (Å²) in [6.07, 6.45) is 7.83. The Morgan fingerprint density at radius 3 is 2.77 bits per heavy atom. The quantitative estimate of drug-likeness (QED) is 0.880. The SMILES string of the molecule is CC1C=C(N2CCc3cc(F)ccc3C2)C=CC1NC(=O)CC(C)(C)C. The third-order valence-corrected chi connectivity index (χ3v) is 5.04. The summed E-state index contributed by atoms with van der Waals surface area (Å²) < 4.78 is 13.4. The summed E-state index contributed by atoms with van der Waals surface area (Å²) in [5, 5.41) is 3.14. The van der Waals surface area contributed by atoms with Gasteiger partial charge in [-0.15, -0.1) is 0 Å². The number of benzene rings is 1. The molecule has 0 bridgehead atoms. The molecule has 1 N–H and O–H groups in total. The Kier molecular flexibility index (Phi) is 5.22. The maximum absolute atomic E-state index is 13.4. The van der Waals surface area contributed by atoms with Crippen molar-refractivity contribution in [3.63, 3.8) is 0 Å². The van der Waals surface area contributed by atoms with E-state index in [9.17, 15) is 9.18 Å². The average Bonchev–Trinajstić information content (AvgIpc) is 2.54. The molecule has 1 aromatic rings. The number of hydrogen-bond acceptors (Lipinski definition) is 2. The molecule has 1 heterocycles. The second-order valence-electron chi connectivity index (χ2n) is 8.73. The number of hydrogen-bond donors (Lipinski definition) is 1. The van der Waals surface area contributed by atoms with Crippen molar-refractivity contribution in [2.75, 3.05) is 6.54 Å². The van der Waals surface area contributed by atoms with E-state index in [0.717, 1.165) is 25.1 Å². The minimum atomic E-state index is -0.156. The summed E-state index contributed by atoms with van der Waals surface area (Å²) in [7, 11) is 0. The third kappa shape index (κ3) is 4.54. The van der Waals surface area contributed by atoms with Gasteiger partial charge in [0.1, 0.15) is 5.82 Å². The van der Waals surface area contributed by atoms with Gasteiger partial charge >= 0.3 is 0 Å². The lowest BCUT2D eigenvalue weighted by Crippen LogP contribution is -2.41. The minimum absolute atomic E-state index is 0.00658. The van der Waals surface area contributed by atoms with E-state index in [2.05, 4.69) is 56.1 Å². The van der Waals surface area contributed by atoms with Gasteiger partial charge in [0.25, 0.3) is 0 Å². The van der Waals surface area contributed by atoms with Crippen molar-refractivity contribution in [3.05, 3.63) is 59.1 Å². The summed E-state index contributed by atoms with van der Waals surface area (Å²) in [5.74, 6) is 0.190. The number of nitrogens with one attached hydrogen (secondary N) is 1. The first-order valence-electron chi connectivity index (χ1n) is 9.43. The Balaban J connectivity index is 1.63. The molecule has 1 aliphatic heterocycles. The van der Waals surface area contributed by atoms with Crippen LogP contribution in [0.25, 0.3) is 0 Å². The van der Waals surface area contributed by atoms with E-state index in [4.69, 9.17) is 0 Å². The number of halogens is 1. The Hall–Kier alpha value is -2.10. The standard InChI is InChI=1S/C22H29FN2O/c1-15-11-19(7-8-20(15)24-21(26)13-22(2,3)4)25-10-9-16-12-18(23)6-5-17(16)14-25/h5-8,11-12,15,20H,9-10,13-14H2,1-4H3,(H,24,26). The van der Waals surface area contributed by atoms with Gasteiger partial charge in [0, 0.05) is 31.1 Å². The van der Waals surface area contributed by atoms with E-state index >= 15 is 0 Å². The van der Waals surface area contributed by atoms with Gasteiger partial charge in [-0.2, -0.15) is 0 Å². The van der Waals surface area contributed by atoms with Crippen molar-refractivity contribution in [3.8, 4) is 0 Å². The Morgan fingerprint density at radius 2 is 2.08 bits per heavy atom. The van der Waals surface area contributed by atoms with Crippen molar-refractivity contribution < 1.29 is 9.18 Å². The van der Waals surface area contributed by atoms with Crippen LogP contribution in [-0.4, -0.2) is 23.4 Å². The first-order valence-corrected chi connectivity index (χ1v) is 9.43. The molecule has 2 unspecified atom stereocenters. The van der Waals surface area contributed by atoms with Gasteiger partial charge in [0.05, 0.1) is 6.04 Å². The highest BCUT2D eigenvalue weighted by molar-refractivity contribution is 5.77. The average molecular weight is 356 g/mol. The molecule has 2 aliphatic rings. The molecule has 3 nitrogen and oxygen atoms in total. The second-order valence-corrected chi connectivity index (χ2v) is 8.73. The smallest absolute Gasteiger partial charge is 0.221 e. The molecule has 0 spiro atoms. The van der Waals surface area contributed by atoms with Crippen molar-refractivity contribution in [2.24, 2.45) is 11.3 Å². The predicted octanol–water partition coefficient (Wildman–Crippen LogP) is 4.19. The van der Waals surface area contributed by atoms with Crippen LogP contribution in [0, 0.1) is 17.2 Å². The zero-order valence-electron chi connectivity index (χ0n) is 16.2. The minimum Gasteiger partial charge on any atom is -0.367 e. The number of fused-ring (bicyclic) bond motifs is 1. The molecule has 3 rings (SSSR count). The molecule has 0 radical (unpaired) electrons. The van der Waals surface area contributed by atoms with E-state index in [1.54, 1.807) is 6.07 Å². The maximum atomic E-state index is 13.4. The van der Waals surface area contributed by atoms with E-state index < -0.39 is 0 Å². The first-order chi connectivity index (χ1) is 12.2. The van der Waals surface area contributed by atoms with Crippen LogP contribution in [0.2, 0.25) is 0 Å². The second kappa shape index (κ2) is 7.26. The summed E-state index contributed by atoms with van der Waals surface area (Å²) in [6, 6.07) is 5.13. The largest absolute Gasteiger partial charge is 0.367 e. The molecular formula is C22H29FN2O. The molecule has 0 saturated heterocycles. The van der Waals surface area contributed by atoms with Gasteiger partial charge in [-0.05, 0) is 41.2 Å². The number of amides is 1. The summed E-state index contributed by atoms with van der Waals surface area (Å²) in [5.41, 5.74) is 3.49. The fourth-order valence-corrected chi connectivity index (χ4v) is 3.66. The monoisotopic (exact) mass is 356 g/mol. The number of allylic oxidation sites excluding steroid dienone is 1. The molecular weight excluding hydrogens is 327 g/mol. The lowest BCUT2D eigenvalue weighted by molar-refractivity contribution is -0.123. The van der Waals surface area contributed by atoms with Gasteiger partial charge in [-0.25, -0.2) is 4.39 Å². The summed E-state index contributed by atoms with van der Waals surface area (Å²) >= 11 is 0. The molecule has 0 aromatic heterocycles. The van der Waals surface area contributed by atoms with E-state index in [0.29, 0.717) is 6.42 Å². The molecule has 0 saturated carbocycles. The summed E-state index contributed by atoms with van der Waals surface area (Å²) in [4.78, 5) is 14.5. The van der Waals surface area contributed by atoms with Gasteiger partial charge in [-0.1, -0.05) is 45.9 Å². The van der Waals surface area contributed by atoms with Crippen LogP contribution < -0.4 is 5.32 Å². The first kappa shape index (κ1) is 18.7. The highest BCUT2D eigenvalue weighted by atomic mass is 19.1. The normalized spacial score (nSPS) is 22.7. The van der Waals surface area contributed by atoms with Crippen LogP contribution in [0.5, 0.6) is 0 Å². The lowest BCUT2D eigenvalue weighted by Gasteiger charge is -2.35.